The van der Waals surface area contributed by atoms with Gasteiger partial charge in [-0.25, -0.2) is 4.79 Å². The fourth-order valence-corrected chi connectivity index (χ4v) is 3.15. The van der Waals surface area contributed by atoms with Gasteiger partial charge >= 0.3 is 6.09 Å². The van der Waals surface area contributed by atoms with Crippen molar-refractivity contribution in [2.75, 3.05) is 40.5 Å². The molecule has 28 heavy (non-hydrogen) atoms. The molecule has 0 aliphatic carbocycles. The number of rotatable bonds is 9. The number of carbonyl (C=O) groups excluding carboxylic acids is 2. The standard InChI is InChI=1S/C20H31N3O5/c1-4-28-20(25)23-11-8-16(9-12-23)22-19(24)7-10-21-14-15-5-6-17(26-2)18(13-15)27-3/h5-6,13,16,21H,4,7-12,14H2,1-3H3,(H,22,24). The number of benzene rings is 1. The topological polar surface area (TPSA) is 89.1 Å². The maximum atomic E-state index is 12.1. The van der Waals surface area contributed by atoms with Gasteiger partial charge in [0.2, 0.25) is 5.91 Å². The number of hydrogen-bond acceptors (Lipinski definition) is 6. The lowest BCUT2D eigenvalue weighted by Crippen LogP contribution is -2.47. The van der Waals surface area contributed by atoms with Crippen molar-refractivity contribution in [1.29, 1.82) is 0 Å². The van der Waals surface area contributed by atoms with Crippen LogP contribution in [0.4, 0.5) is 4.79 Å². The molecule has 0 spiro atoms. The zero-order valence-corrected chi connectivity index (χ0v) is 17.0. The third kappa shape index (κ3) is 6.60. The first kappa shape index (κ1) is 21.8. The van der Waals surface area contributed by atoms with E-state index in [0.29, 0.717) is 50.7 Å². The van der Waals surface area contributed by atoms with Crippen LogP contribution in [0.2, 0.25) is 0 Å². The Hall–Kier alpha value is -2.48. The average Bonchev–Trinajstić information content (AvgIpc) is 2.71. The minimum atomic E-state index is -0.272. The summed E-state index contributed by atoms with van der Waals surface area (Å²) in [4.78, 5) is 25.5. The van der Waals surface area contributed by atoms with Gasteiger partial charge in [0, 0.05) is 38.6 Å². The Balaban J connectivity index is 1.64. The molecule has 0 saturated carbocycles. The van der Waals surface area contributed by atoms with Crippen LogP contribution >= 0.6 is 0 Å². The second kappa shape index (κ2) is 11.4. The zero-order valence-electron chi connectivity index (χ0n) is 17.0. The molecule has 156 valence electrons. The van der Waals surface area contributed by atoms with Crippen molar-refractivity contribution >= 4 is 12.0 Å². The largest absolute Gasteiger partial charge is 0.493 e. The van der Waals surface area contributed by atoms with E-state index >= 15 is 0 Å². The summed E-state index contributed by atoms with van der Waals surface area (Å²) in [6.45, 7) is 4.63. The highest BCUT2D eigenvalue weighted by atomic mass is 16.6. The van der Waals surface area contributed by atoms with Gasteiger partial charge in [-0.3, -0.25) is 4.79 Å². The summed E-state index contributed by atoms with van der Waals surface area (Å²) < 4.78 is 15.5. The van der Waals surface area contributed by atoms with Crippen LogP contribution in [0.15, 0.2) is 18.2 Å². The first-order valence-electron chi connectivity index (χ1n) is 9.70. The Bertz CT molecular complexity index is 645. The van der Waals surface area contributed by atoms with Crippen LogP contribution in [0.3, 0.4) is 0 Å². The van der Waals surface area contributed by atoms with Gasteiger partial charge in [0.15, 0.2) is 11.5 Å². The second-order valence-electron chi connectivity index (χ2n) is 6.64. The maximum Gasteiger partial charge on any atom is 0.409 e. The van der Waals surface area contributed by atoms with Crippen LogP contribution in [0.1, 0.15) is 31.7 Å². The summed E-state index contributed by atoms with van der Waals surface area (Å²) in [6.07, 6.45) is 1.64. The van der Waals surface area contributed by atoms with Crippen molar-refractivity contribution in [3.05, 3.63) is 23.8 Å². The molecule has 1 saturated heterocycles. The van der Waals surface area contributed by atoms with Crippen molar-refractivity contribution in [2.45, 2.75) is 38.8 Å². The Labute approximate surface area is 166 Å². The summed E-state index contributed by atoms with van der Waals surface area (Å²) in [5.41, 5.74) is 1.06. The lowest BCUT2D eigenvalue weighted by molar-refractivity contribution is -0.122. The van der Waals surface area contributed by atoms with E-state index < -0.39 is 0 Å². The molecule has 0 radical (unpaired) electrons. The number of amides is 2. The second-order valence-corrected chi connectivity index (χ2v) is 6.64. The van der Waals surface area contributed by atoms with Gasteiger partial charge in [-0.1, -0.05) is 6.07 Å². The molecule has 1 aromatic carbocycles. The monoisotopic (exact) mass is 393 g/mol. The summed E-state index contributed by atoms with van der Waals surface area (Å²) in [5.74, 6) is 1.41. The third-order valence-corrected chi connectivity index (χ3v) is 4.69. The average molecular weight is 393 g/mol. The number of carbonyl (C=O) groups is 2. The normalized spacial score (nSPS) is 14.5. The highest BCUT2D eigenvalue weighted by Gasteiger charge is 2.24. The number of nitrogens with zero attached hydrogens (tertiary/aromatic N) is 1. The van der Waals surface area contributed by atoms with Crippen LogP contribution < -0.4 is 20.1 Å². The van der Waals surface area contributed by atoms with Gasteiger partial charge in [-0.2, -0.15) is 0 Å². The van der Waals surface area contributed by atoms with Crippen LogP contribution in [0.5, 0.6) is 11.5 Å². The molecule has 8 nitrogen and oxygen atoms in total. The molecular weight excluding hydrogens is 362 g/mol. The molecule has 1 aliphatic heterocycles. The minimum absolute atomic E-state index is 0.0226. The van der Waals surface area contributed by atoms with Crippen molar-refractivity contribution in [3.8, 4) is 11.5 Å². The first-order valence-corrected chi connectivity index (χ1v) is 9.70. The van der Waals surface area contributed by atoms with Gasteiger partial charge in [-0.05, 0) is 37.5 Å². The number of hydrogen-bond donors (Lipinski definition) is 2. The van der Waals surface area contributed by atoms with Crippen molar-refractivity contribution in [2.24, 2.45) is 0 Å². The van der Waals surface area contributed by atoms with Crippen LogP contribution in [0, 0.1) is 0 Å². The smallest absolute Gasteiger partial charge is 0.409 e. The molecule has 2 amide bonds. The molecule has 1 aromatic rings. The Kier molecular flexibility index (Phi) is 8.87. The molecule has 0 aromatic heterocycles. The van der Waals surface area contributed by atoms with E-state index in [1.807, 2.05) is 18.2 Å². The number of nitrogens with one attached hydrogen (secondary N) is 2. The van der Waals surface area contributed by atoms with E-state index in [2.05, 4.69) is 10.6 Å². The van der Waals surface area contributed by atoms with Gasteiger partial charge in [0.25, 0.3) is 0 Å². The fraction of sp³-hybridized carbons (Fsp3) is 0.600. The van der Waals surface area contributed by atoms with Gasteiger partial charge < -0.3 is 29.7 Å². The van der Waals surface area contributed by atoms with Crippen LogP contribution in [0.25, 0.3) is 0 Å². The molecule has 1 fully saturated rings. The predicted octanol–water partition coefficient (Wildman–Crippen LogP) is 1.92. The summed E-state index contributed by atoms with van der Waals surface area (Å²) >= 11 is 0. The maximum absolute atomic E-state index is 12.1. The number of methoxy groups -OCH3 is 2. The molecular formula is C20H31N3O5. The van der Waals surface area contributed by atoms with E-state index in [1.54, 1.807) is 26.0 Å². The molecule has 0 unspecified atom stereocenters. The Morgan fingerprint density at radius 3 is 2.50 bits per heavy atom. The lowest BCUT2D eigenvalue weighted by atomic mass is 10.1. The van der Waals surface area contributed by atoms with Gasteiger partial charge in [0.1, 0.15) is 0 Å². The molecule has 8 heteroatoms. The Morgan fingerprint density at radius 1 is 1.14 bits per heavy atom. The fourth-order valence-electron chi connectivity index (χ4n) is 3.15. The van der Waals surface area contributed by atoms with E-state index in [9.17, 15) is 9.59 Å². The van der Waals surface area contributed by atoms with E-state index in [1.165, 1.54) is 0 Å². The molecule has 1 aliphatic rings. The third-order valence-electron chi connectivity index (χ3n) is 4.69. The summed E-state index contributed by atoms with van der Waals surface area (Å²) in [5, 5.41) is 6.32. The SMILES string of the molecule is CCOC(=O)N1CCC(NC(=O)CCNCc2ccc(OC)c(OC)c2)CC1. The molecule has 1 heterocycles. The number of ether oxygens (including phenoxy) is 3. The number of piperidine rings is 1. The van der Waals surface area contributed by atoms with Crippen molar-refractivity contribution < 1.29 is 23.8 Å². The van der Waals surface area contributed by atoms with E-state index in [4.69, 9.17) is 14.2 Å². The predicted molar refractivity (Wildman–Crippen MR) is 106 cm³/mol. The summed E-state index contributed by atoms with van der Waals surface area (Å²) in [7, 11) is 3.21. The van der Waals surface area contributed by atoms with Gasteiger partial charge in [0.05, 0.1) is 20.8 Å². The van der Waals surface area contributed by atoms with Crippen LogP contribution in [-0.2, 0) is 16.1 Å². The quantitative estimate of drug-likeness (QED) is 0.623. The highest BCUT2D eigenvalue weighted by Crippen LogP contribution is 2.27. The summed E-state index contributed by atoms with van der Waals surface area (Å²) in [6, 6.07) is 5.87. The van der Waals surface area contributed by atoms with Gasteiger partial charge in [-0.15, -0.1) is 0 Å². The number of likely N-dealkylation sites (tertiary alicyclic amines) is 1. The van der Waals surface area contributed by atoms with Crippen molar-refractivity contribution in [1.82, 2.24) is 15.5 Å². The highest BCUT2D eigenvalue weighted by molar-refractivity contribution is 5.76. The molecule has 2 rings (SSSR count). The minimum Gasteiger partial charge on any atom is -0.493 e. The lowest BCUT2D eigenvalue weighted by Gasteiger charge is -2.31. The molecule has 0 bridgehead atoms. The first-order chi connectivity index (χ1) is 13.6. The molecule has 2 N–H and O–H groups in total. The molecule has 0 atom stereocenters. The van der Waals surface area contributed by atoms with E-state index in [-0.39, 0.29) is 18.0 Å². The van der Waals surface area contributed by atoms with E-state index in [0.717, 1.165) is 18.4 Å². The van der Waals surface area contributed by atoms with Crippen molar-refractivity contribution in [3.63, 3.8) is 0 Å². The van der Waals surface area contributed by atoms with Crippen LogP contribution in [-0.4, -0.2) is 63.4 Å². The Morgan fingerprint density at radius 2 is 1.86 bits per heavy atom. The zero-order chi connectivity index (χ0) is 20.4.